The van der Waals surface area contributed by atoms with Crippen molar-refractivity contribution in [3.8, 4) is 0 Å². The maximum Gasteiger partial charge on any atom is 0.230 e. The van der Waals surface area contributed by atoms with Gasteiger partial charge in [0.05, 0.1) is 10.1 Å². The van der Waals surface area contributed by atoms with Gasteiger partial charge in [0.15, 0.2) is 0 Å². The molecule has 0 bridgehead atoms. The van der Waals surface area contributed by atoms with E-state index >= 15 is 0 Å². The molecule has 0 radical (unpaired) electrons. The molecule has 0 fully saturated rings. The number of thioether (sulfide) groups is 1. The molecule has 0 saturated heterocycles. The van der Waals surface area contributed by atoms with Crippen molar-refractivity contribution in [1.82, 2.24) is 0 Å². The van der Waals surface area contributed by atoms with Crippen LogP contribution in [0.15, 0.2) is 17.0 Å². The van der Waals surface area contributed by atoms with E-state index in [0.717, 1.165) is 23.9 Å². The van der Waals surface area contributed by atoms with E-state index in [-0.39, 0.29) is 10.6 Å². The molecule has 0 aromatic heterocycles. The van der Waals surface area contributed by atoms with Gasteiger partial charge in [-0.3, -0.25) is 4.79 Å². The number of anilines is 1. The summed E-state index contributed by atoms with van der Waals surface area (Å²) < 4.78 is 26.5. The Balaban J connectivity index is 3.00. The van der Waals surface area contributed by atoms with Gasteiger partial charge in [-0.1, -0.05) is 0 Å². The highest BCUT2D eigenvalue weighted by atomic mass is 32.2. The number of rotatable bonds is 3. The number of carbonyl (C=O) groups excluding carboxylic acids is 1. The number of nitrogen functional groups attached to an aromatic ring is 1. The SMILES string of the molecule is CC(Sc1c(F)cc(N)cc1F)C(N)=O. The molecule has 0 heterocycles. The van der Waals surface area contributed by atoms with E-state index in [2.05, 4.69) is 0 Å². The number of primary amides is 1. The normalized spacial score (nSPS) is 12.5. The van der Waals surface area contributed by atoms with Gasteiger partial charge in [0.1, 0.15) is 11.6 Å². The second kappa shape index (κ2) is 4.48. The van der Waals surface area contributed by atoms with E-state index in [1.165, 1.54) is 6.92 Å². The van der Waals surface area contributed by atoms with Crippen LogP contribution in [0.1, 0.15) is 6.92 Å². The molecule has 1 amide bonds. The highest BCUT2D eigenvalue weighted by Gasteiger charge is 2.17. The van der Waals surface area contributed by atoms with Gasteiger partial charge < -0.3 is 11.5 Å². The van der Waals surface area contributed by atoms with Gasteiger partial charge in [0, 0.05) is 5.69 Å². The lowest BCUT2D eigenvalue weighted by molar-refractivity contribution is -0.117. The minimum Gasteiger partial charge on any atom is -0.399 e. The van der Waals surface area contributed by atoms with E-state index in [1.54, 1.807) is 0 Å². The van der Waals surface area contributed by atoms with Crippen molar-refractivity contribution in [2.45, 2.75) is 17.1 Å². The summed E-state index contributed by atoms with van der Waals surface area (Å²) in [4.78, 5) is 10.5. The Morgan fingerprint density at radius 2 is 1.87 bits per heavy atom. The zero-order chi connectivity index (χ0) is 11.6. The van der Waals surface area contributed by atoms with Crippen LogP contribution < -0.4 is 11.5 Å². The summed E-state index contributed by atoms with van der Waals surface area (Å²) in [6.45, 7) is 1.47. The number of benzene rings is 1. The molecule has 6 heteroatoms. The van der Waals surface area contributed by atoms with Gasteiger partial charge >= 0.3 is 0 Å². The van der Waals surface area contributed by atoms with Crippen molar-refractivity contribution < 1.29 is 13.6 Å². The van der Waals surface area contributed by atoms with Crippen LogP contribution in [0.5, 0.6) is 0 Å². The fourth-order valence-corrected chi connectivity index (χ4v) is 1.74. The number of hydrogen-bond acceptors (Lipinski definition) is 3. The third-order valence-electron chi connectivity index (χ3n) is 1.72. The monoisotopic (exact) mass is 232 g/mol. The van der Waals surface area contributed by atoms with Crippen LogP contribution >= 0.6 is 11.8 Å². The Bertz CT molecular complexity index is 375. The zero-order valence-electron chi connectivity index (χ0n) is 7.96. The van der Waals surface area contributed by atoms with Crippen LogP contribution in [0.3, 0.4) is 0 Å². The molecule has 1 atom stereocenters. The number of amides is 1. The first kappa shape index (κ1) is 11.8. The molecule has 0 spiro atoms. The minimum absolute atomic E-state index is 0.000998. The zero-order valence-corrected chi connectivity index (χ0v) is 8.78. The quantitative estimate of drug-likeness (QED) is 0.613. The molecular formula is C9H10F2N2OS. The highest BCUT2D eigenvalue weighted by molar-refractivity contribution is 8.00. The van der Waals surface area contributed by atoms with Gasteiger partial charge in [0.2, 0.25) is 5.91 Å². The summed E-state index contributed by atoms with van der Waals surface area (Å²) in [6.07, 6.45) is 0. The first-order valence-electron chi connectivity index (χ1n) is 4.12. The van der Waals surface area contributed by atoms with Crippen molar-refractivity contribution in [3.05, 3.63) is 23.8 Å². The Morgan fingerprint density at radius 3 is 2.27 bits per heavy atom. The third kappa shape index (κ3) is 2.82. The average Bonchev–Trinajstić information content (AvgIpc) is 2.10. The van der Waals surface area contributed by atoms with Gasteiger partial charge in [-0.05, 0) is 19.1 Å². The summed E-state index contributed by atoms with van der Waals surface area (Å²) >= 11 is 0.734. The molecule has 82 valence electrons. The predicted molar refractivity (Wildman–Crippen MR) is 55.3 cm³/mol. The Hall–Kier alpha value is -1.30. The Labute approximate surface area is 89.8 Å². The summed E-state index contributed by atoms with van der Waals surface area (Å²) in [5.41, 5.74) is 10.2. The summed E-state index contributed by atoms with van der Waals surface area (Å²) in [6, 6.07) is 2.00. The smallest absolute Gasteiger partial charge is 0.230 e. The molecule has 0 saturated carbocycles. The summed E-state index contributed by atoms with van der Waals surface area (Å²) in [7, 11) is 0. The third-order valence-corrected chi connectivity index (χ3v) is 2.93. The van der Waals surface area contributed by atoms with Crippen molar-refractivity contribution in [1.29, 1.82) is 0 Å². The molecule has 1 rings (SSSR count). The first-order chi connectivity index (χ1) is 6.91. The molecule has 0 aliphatic heterocycles. The Morgan fingerprint density at radius 1 is 1.40 bits per heavy atom. The molecule has 0 aliphatic carbocycles. The molecule has 15 heavy (non-hydrogen) atoms. The van der Waals surface area contributed by atoms with Gasteiger partial charge in [-0.2, -0.15) is 0 Å². The summed E-state index contributed by atoms with van der Waals surface area (Å²) in [5, 5.41) is -0.697. The number of hydrogen-bond donors (Lipinski definition) is 2. The second-order valence-electron chi connectivity index (χ2n) is 2.98. The lowest BCUT2D eigenvalue weighted by Gasteiger charge is -2.09. The number of nitrogens with two attached hydrogens (primary N) is 2. The lowest BCUT2D eigenvalue weighted by Crippen LogP contribution is -2.22. The van der Waals surface area contributed by atoms with Gasteiger partial charge in [-0.15, -0.1) is 11.8 Å². The van der Waals surface area contributed by atoms with Crippen molar-refractivity contribution in [2.75, 3.05) is 5.73 Å². The Kier molecular flexibility index (Phi) is 3.52. The molecule has 1 aromatic carbocycles. The van der Waals surface area contributed by atoms with Crippen LogP contribution in [0.2, 0.25) is 0 Å². The molecule has 0 aliphatic rings. The van der Waals surface area contributed by atoms with Crippen LogP contribution in [0.25, 0.3) is 0 Å². The maximum absolute atomic E-state index is 13.2. The average molecular weight is 232 g/mol. The second-order valence-corrected chi connectivity index (χ2v) is 4.33. The van der Waals surface area contributed by atoms with Gasteiger partial charge in [-0.25, -0.2) is 8.78 Å². The highest BCUT2D eigenvalue weighted by Crippen LogP contribution is 2.30. The van der Waals surface area contributed by atoms with E-state index in [4.69, 9.17) is 11.5 Å². The van der Waals surface area contributed by atoms with Crippen molar-refractivity contribution in [2.24, 2.45) is 5.73 Å². The molecule has 3 nitrogen and oxygen atoms in total. The lowest BCUT2D eigenvalue weighted by atomic mass is 10.3. The van der Waals surface area contributed by atoms with E-state index in [9.17, 15) is 13.6 Å². The topological polar surface area (TPSA) is 69.1 Å². The molecule has 1 aromatic rings. The van der Waals surface area contributed by atoms with Crippen LogP contribution in [0, 0.1) is 11.6 Å². The maximum atomic E-state index is 13.2. The van der Waals surface area contributed by atoms with E-state index in [0.29, 0.717) is 0 Å². The number of halogens is 2. The summed E-state index contributed by atoms with van der Waals surface area (Å²) in [5.74, 6) is -2.20. The predicted octanol–water partition coefficient (Wildman–Crippen LogP) is 1.51. The largest absolute Gasteiger partial charge is 0.399 e. The fourth-order valence-electron chi connectivity index (χ4n) is 0.927. The van der Waals surface area contributed by atoms with Crippen LogP contribution in [-0.2, 0) is 4.79 Å². The fraction of sp³-hybridized carbons (Fsp3) is 0.222. The van der Waals surface area contributed by atoms with Crippen LogP contribution in [-0.4, -0.2) is 11.2 Å². The molecule has 1 unspecified atom stereocenters. The molecule has 4 N–H and O–H groups in total. The van der Waals surface area contributed by atoms with Crippen molar-refractivity contribution >= 4 is 23.4 Å². The first-order valence-corrected chi connectivity index (χ1v) is 5.00. The van der Waals surface area contributed by atoms with Crippen LogP contribution in [0.4, 0.5) is 14.5 Å². The van der Waals surface area contributed by atoms with Gasteiger partial charge in [0.25, 0.3) is 0 Å². The standard InChI is InChI=1S/C9H10F2N2OS/c1-4(9(13)14)15-8-6(10)2-5(12)3-7(8)11/h2-4H,12H2,1H3,(H2,13,14). The number of carbonyl (C=O) groups is 1. The van der Waals surface area contributed by atoms with E-state index < -0.39 is 22.8 Å². The van der Waals surface area contributed by atoms with E-state index in [1.807, 2.05) is 0 Å². The van der Waals surface area contributed by atoms with Crippen molar-refractivity contribution in [3.63, 3.8) is 0 Å². The molecular weight excluding hydrogens is 222 g/mol. The minimum atomic E-state index is -0.786.